The quantitative estimate of drug-likeness (QED) is 0.469. The molecule has 1 unspecified atom stereocenters. The second kappa shape index (κ2) is 6.26. The van der Waals surface area contributed by atoms with Crippen molar-refractivity contribution in [3.63, 3.8) is 0 Å². The number of hydrogen-bond donors (Lipinski definition) is 0. The van der Waals surface area contributed by atoms with Crippen molar-refractivity contribution in [2.75, 3.05) is 0 Å². The summed E-state index contributed by atoms with van der Waals surface area (Å²) in [6.45, 7) is 5.89. The predicted molar refractivity (Wildman–Crippen MR) is 81.2 cm³/mol. The minimum Gasteiger partial charge on any atom is -0.234 e. The first kappa shape index (κ1) is 14.3. The molecule has 16 heavy (non-hydrogen) atoms. The Morgan fingerprint density at radius 2 is 2.06 bits per heavy atom. The van der Waals surface area contributed by atoms with Gasteiger partial charge in [-0.3, -0.25) is 0 Å². The lowest BCUT2D eigenvalue weighted by Gasteiger charge is -1.98. The number of fused-ring (bicyclic) bond motifs is 1. The van der Waals surface area contributed by atoms with Crippen LogP contribution >= 0.6 is 44.3 Å². The second-order valence-electron chi connectivity index (χ2n) is 2.87. The summed E-state index contributed by atoms with van der Waals surface area (Å²) in [5.74, 6) is -0.223. The van der Waals surface area contributed by atoms with Crippen LogP contribution in [0, 0.1) is 12.7 Å². The van der Waals surface area contributed by atoms with Crippen LogP contribution in [-0.2, 0) is 0 Å². The summed E-state index contributed by atoms with van der Waals surface area (Å²) in [6, 6.07) is 3.37. The maximum Gasteiger partial charge on any atom is 0.150 e. The van der Waals surface area contributed by atoms with Crippen molar-refractivity contribution in [1.82, 2.24) is 9.55 Å². The predicted octanol–water partition coefficient (Wildman–Crippen LogP) is 5.06. The summed E-state index contributed by atoms with van der Waals surface area (Å²) in [7, 11) is 0. The molecule has 0 N–H and O–H groups in total. The molecule has 2 rings (SSSR count). The van der Waals surface area contributed by atoms with E-state index in [2.05, 4.69) is 43.1 Å². The molecule has 0 aliphatic rings. The first-order valence-corrected chi connectivity index (χ1v) is 9.70. The van der Waals surface area contributed by atoms with Gasteiger partial charge in [-0.2, -0.15) is 5.10 Å². The van der Waals surface area contributed by atoms with Crippen molar-refractivity contribution in [3.05, 3.63) is 28.1 Å². The van der Waals surface area contributed by atoms with Gasteiger partial charge in [-0.1, -0.05) is 29.8 Å². The molecule has 1 aromatic heterocycles. The Hall–Kier alpha value is 0.260. The fraction of sp³-hybridized carbons (Fsp3) is 0.300. The zero-order valence-corrected chi connectivity index (χ0v) is 13.9. The van der Waals surface area contributed by atoms with E-state index in [1.54, 1.807) is 4.45 Å². The molecule has 1 heterocycles. The minimum absolute atomic E-state index is 0.223. The highest BCUT2D eigenvalue weighted by molar-refractivity contribution is 14.2. The van der Waals surface area contributed by atoms with Gasteiger partial charge in [0.1, 0.15) is 5.52 Å². The zero-order valence-electron chi connectivity index (χ0n) is 9.18. The molecule has 0 radical (unpaired) electrons. The van der Waals surface area contributed by atoms with Crippen molar-refractivity contribution in [3.8, 4) is 0 Å². The maximum atomic E-state index is 13.6. The van der Waals surface area contributed by atoms with Crippen LogP contribution in [0.5, 0.6) is 0 Å². The average molecular weight is 417 g/mol. The first-order chi connectivity index (χ1) is 7.63. The van der Waals surface area contributed by atoms with Crippen LogP contribution in [0.3, 0.4) is 0 Å². The van der Waals surface area contributed by atoms with Crippen LogP contribution in [0.15, 0.2) is 16.6 Å². The summed E-state index contributed by atoms with van der Waals surface area (Å²) < 4.78 is 16.1. The molecule has 1 atom stereocenters. The Balaban J connectivity index is 0.000000606. The molecule has 0 aliphatic carbocycles. The molecule has 2 aromatic rings. The zero-order chi connectivity index (χ0) is 12.3. The topological polar surface area (TPSA) is 17.8 Å². The number of aromatic nitrogens is 2. The third-order valence-electron chi connectivity index (χ3n) is 1.96. The van der Waals surface area contributed by atoms with E-state index < -0.39 is 0 Å². The average Bonchev–Trinajstić information content (AvgIpc) is 2.59. The summed E-state index contributed by atoms with van der Waals surface area (Å²) in [5.41, 5.74) is 1.46. The van der Waals surface area contributed by atoms with Crippen molar-refractivity contribution >= 4 is 55.2 Å². The molecular weight excluding hydrogens is 405 g/mol. The Bertz CT molecular complexity index is 501. The number of benzene rings is 1. The molecule has 0 fully saturated rings. The molecule has 2 nitrogen and oxygen atoms in total. The lowest BCUT2D eigenvalue weighted by atomic mass is 10.2. The van der Waals surface area contributed by atoms with E-state index in [0.29, 0.717) is 11.9 Å². The van der Waals surface area contributed by atoms with Crippen LogP contribution in [0.4, 0.5) is 4.39 Å². The van der Waals surface area contributed by atoms with E-state index in [1.807, 2.05) is 26.8 Å². The maximum absolute atomic E-state index is 13.6. The summed E-state index contributed by atoms with van der Waals surface area (Å²) >= 11 is 5.46. The number of nitrogens with zero attached hydrogens (tertiary/aromatic N) is 2. The van der Waals surface area contributed by atoms with E-state index >= 15 is 0 Å². The van der Waals surface area contributed by atoms with Crippen molar-refractivity contribution < 1.29 is 4.39 Å². The Labute approximate surface area is 117 Å². The standard InChI is InChI=1S/C8H6BrFIN2P.C2H6/c1-4-6-2-5(9)3-7(10)8(6)13(12-4)14-11;1-2/h2-3,14H,1H3;1-2H3. The first-order valence-electron chi connectivity index (χ1n) is 4.84. The second-order valence-corrected chi connectivity index (χ2v) is 5.82. The minimum atomic E-state index is -0.223. The monoisotopic (exact) mass is 416 g/mol. The summed E-state index contributed by atoms with van der Waals surface area (Å²) in [6.07, 6.45) is 0.418. The van der Waals surface area contributed by atoms with Crippen molar-refractivity contribution in [2.45, 2.75) is 20.8 Å². The highest BCUT2D eigenvalue weighted by Crippen LogP contribution is 2.33. The van der Waals surface area contributed by atoms with Crippen LogP contribution in [0.1, 0.15) is 19.5 Å². The lowest BCUT2D eigenvalue weighted by Crippen LogP contribution is -1.86. The highest BCUT2D eigenvalue weighted by atomic mass is 127. The fourth-order valence-corrected chi connectivity index (χ4v) is 3.35. The van der Waals surface area contributed by atoms with Gasteiger partial charge in [-0.05, 0) is 41.1 Å². The van der Waals surface area contributed by atoms with Gasteiger partial charge < -0.3 is 0 Å². The molecule has 88 valence electrons. The third kappa shape index (κ3) is 2.74. The van der Waals surface area contributed by atoms with Crippen molar-refractivity contribution in [1.29, 1.82) is 0 Å². The van der Waals surface area contributed by atoms with E-state index in [9.17, 15) is 4.39 Å². The van der Waals surface area contributed by atoms with Gasteiger partial charge in [0.05, 0.1) is 12.1 Å². The van der Waals surface area contributed by atoms with Crippen LogP contribution in [-0.4, -0.2) is 9.55 Å². The number of rotatable bonds is 1. The summed E-state index contributed by atoms with van der Waals surface area (Å²) in [5, 5.41) is 5.15. The normalized spacial score (nSPS) is 10.9. The van der Waals surface area contributed by atoms with E-state index in [1.165, 1.54) is 6.07 Å². The largest absolute Gasteiger partial charge is 0.234 e. The highest BCUT2D eigenvalue weighted by Gasteiger charge is 2.12. The van der Waals surface area contributed by atoms with Crippen LogP contribution in [0.25, 0.3) is 10.9 Å². The van der Waals surface area contributed by atoms with Crippen LogP contribution in [0.2, 0.25) is 0 Å². The lowest BCUT2D eigenvalue weighted by molar-refractivity contribution is 0.634. The third-order valence-corrected chi connectivity index (χ3v) is 4.27. The van der Waals surface area contributed by atoms with Gasteiger partial charge in [0, 0.05) is 9.86 Å². The van der Waals surface area contributed by atoms with Crippen molar-refractivity contribution in [2.24, 2.45) is 0 Å². The fourth-order valence-electron chi connectivity index (χ4n) is 1.37. The van der Waals surface area contributed by atoms with Gasteiger partial charge in [0.2, 0.25) is 0 Å². The van der Waals surface area contributed by atoms with E-state index in [4.69, 9.17) is 0 Å². The Morgan fingerprint density at radius 3 is 2.62 bits per heavy atom. The SMILES string of the molecule is CC.Cc1nn(PI)c2c(F)cc(Br)cc12. The molecule has 0 amide bonds. The van der Waals surface area contributed by atoms with E-state index in [0.717, 1.165) is 15.6 Å². The molecule has 0 saturated carbocycles. The molecular formula is C10H12BrFIN2P. The van der Waals surface area contributed by atoms with Gasteiger partial charge in [-0.15, -0.1) is 0 Å². The van der Waals surface area contributed by atoms with Gasteiger partial charge in [0.15, 0.2) is 5.82 Å². The number of aryl methyl sites for hydroxylation is 1. The van der Waals surface area contributed by atoms with Gasteiger partial charge >= 0.3 is 0 Å². The smallest absolute Gasteiger partial charge is 0.150 e. The molecule has 0 spiro atoms. The summed E-state index contributed by atoms with van der Waals surface area (Å²) in [4.78, 5) is 0. The van der Waals surface area contributed by atoms with Crippen LogP contribution < -0.4 is 0 Å². The molecule has 0 saturated heterocycles. The number of halogens is 3. The molecule has 6 heteroatoms. The number of hydrogen-bond acceptors (Lipinski definition) is 1. The Kier molecular flexibility index (Phi) is 5.61. The van der Waals surface area contributed by atoms with Gasteiger partial charge in [0.25, 0.3) is 0 Å². The Morgan fingerprint density at radius 1 is 1.44 bits per heavy atom. The van der Waals surface area contributed by atoms with E-state index in [-0.39, 0.29) is 5.82 Å². The molecule has 0 aliphatic heterocycles. The van der Waals surface area contributed by atoms with Gasteiger partial charge in [-0.25, -0.2) is 8.84 Å². The molecule has 1 aromatic carbocycles. The molecule has 0 bridgehead atoms.